The average Bonchev–Trinajstić information content (AvgIpc) is 3.05. The van der Waals surface area contributed by atoms with Crippen molar-refractivity contribution in [3.05, 3.63) is 65.1 Å². The molecule has 1 atom stereocenters. The van der Waals surface area contributed by atoms with Crippen molar-refractivity contribution in [1.29, 1.82) is 0 Å². The van der Waals surface area contributed by atoms with Crippen molar-refractivity contribution in [3.63, 3.8) is 0 Å². The fourth-order valence-electron chi connectivity index (χ4n) is 3.17. The van der Waals surface area contributed by atoms with Gasteiger partial charge in [-0.2, -0.15) is 5.10 Å². The summed E-state index contributed by atoms with van der Waals surface area (Å²) in [6.07, 6.45) is 17.2. The van der Waals surface area contributed by atoms with Crippen molar-refractivity contribution in [2.75, 3.05) is 6.54 Å². The number of rotatable bonds is 6. The third kappa shape index (κ3) is 4.59. The number of nitrogens with zero attached hydrogens (tertiary/aromatic N) is 2. The molecule has 0 spiro atoms. The molecule has 1 amide bonds. The summed E-state index contributed by atoms with van der Waals surface area (Å²) in [5.41, 5.74) is 4.07. The second-order valence-electron chi connectivity index (χ2n) is 6.81. The lowest BCUT2D eigenvalue weighted by molar-refractivity contribution is 0.0951. The molecule has 0 saturated heterocycles. The molecule has 2 aliphatic rings. The Morgan fingerprint density at radius 3 is 2.84 bits per heavy atom. The molecule has 3 rings (SSSR count). The van der Waals surface area contributed by atoms with Crippen molar-refractivity contribution in [2.45, 2.75) is 46.1 Å². The number of nitrogens with one attached hydrogen (secondary N) is 1. The SMILES string of the molecule is CCn1nc(C(=O)NCC2=CCC(C)C=C2)cc1CC1=CCCC=C1. The van der Waals surface area contributed by atoms with E-state index in [0.29, 0.717) is 18.2 Å². The van der Waals surface area contributed by atoms with E-state index in [-0.39, 0.29) is 5.91 Å². The molecular weight excluding hydrogens is 310 g/mol. The van der Waals surface area contributed by atoms with Crippen LogP contribution < -0.4 is 5.32 Å². The van der Waals surface area contributed by atoms with Gasteiger partial charge in [0.1, 0.15) is 5.69 Å². The number of aromatic nitrogens is 2. The van der Waals surface area contributed by atoms with Gasteiger partial charge in [0, 0.05) is 25.2 Å². The van der Waals surface area contributed by atoms with E-state index in [1.165, 1.54) is 11.1 Å². The monoisotopic (exact) mass is 337 g/mol. The van der Waals surface area contributed by atoms with Crippen molar-refractivity contribution >= 4 is 5.91 Å². The minimum Gasteiger partial charge on any atom is -0.347 e. The first kappa shape index (κ1) is 17.5. The van der Waals surface area contributed by atoms with Crippen LogP contribution in [-0.4, -0.2) is 22.2 Å². The molecule has 0 aromatic carbocycles. The van der Waals surface area contributed by atoms with E-state index in [4.69, 9.17) is 0 Å². The van der Waals surface area contributed by atoms with Crippen LogP contribution in [0.25, 0.3) is 0 Å². The molecule has 1 unspecified atom stereocenters. The van der Waals surface area contributed by atoms with Gasteiger partial charge in [-0.3, -0.25) is 9.48 Å². The molecule has 4 heteroatoms. The third-order valence-electron chi connectivity index (χ3n) is 4.70. The highest BCUT2D eigenvalue weighted by Gasteiger charge is 2.15. The van der Waals surface area contributed by atoms with Gasteiger partial charge in [0.05, 0.1) is 0 Å². The normalized spacial score (nSPS) is 19.5. The lowest BCUT2D eigenvalue weighted by Crippen LogP contribution is -2.26. The average molecular weight is 337 g/mol. The van der Waals surface area contributed by atoms with Crippen molar-refractivity contribution in [1.82, 2.24) is 15.1 Å². The van der Waals surface area contributed by atoms with E-state index in [1.54, 1.807) is 0 Å². The Hall–Kier alpha value is -2.36. The molecule has 0 aliphatic heterocycles. The Balaban J connectivity index is 1.63. The predicted octanol–water partition coefficient (Wildman–Crippen LogP) is 3.97. The Labute approximate surface area is 150 Å². The first-order chi connectivity index (χ1) is 12.2. The van der Waals surface area contributed by atoms with E-state index in [1.807, 2.05) is 10.7 Å². The molecule has 0 saturated carbocycles. The molecule has 1 aromatic heterocycles. The van der Waals surface area contributed by atoms with E-state index < -0.39 is 0 Å². The van der Waals surface area contributed by atoms with Crippen LogP contribution in [0.4, 0.5) is 0 Å². The van der Waals surface area contributed by atoms with Gasteiger partial charge in [-0.25, -0.2) is 0 Å². The van der Waals surface area contributed by atoms with Gasteiger partial charge in [-0.1, -0.05) is 43.4 Å². The van der Waals surface area contributed by atoms with E-state index >= 15 is 0 Å². The zero-order chi connectivity index (χ0) is 17.6. The number of amides is 1. The summed E-state index contributed by atoms with van der Waals surface area (Å²) >= 11 is 0. The van der Waals surface area contributed by atoms with Crippen LogP contribution in [0.15, 0.2) is 53.7 Å². The highest BCUT2D eigenvalue weighted by atomic mass is 16.1. The fourth-order valence-corrected chi connectivity index (χ4v) is 3.17. The Morgan fingerprint density at radius 2 is 2.16 bits per heavy atom. The number of aryl methyl sites for hydroxylation is 1. The molecule has 4 nitrogen and oxygen atoms in total. The minimum atomic E-state index is -0.102. The number of carbonyl (C=O) groups is 1. The van der Waals surface area contributed by atoms with Gasteiger partial charge >= 0.3 is 0 Å². The maximum atomic E-state index is 12.5. The molecular formula is C21H27N3O. The smallest absolute Gasteiger partial charge is 0.272 e. The topological polar surface area (TPSA) is 46.9 Å². The first-order valence-corrected chi connectivity index (χ1v) is 9.23. The second-order valence-corrected chi connectivity index (χ2v) is 6.81. The largest absolute Gasteiger partial charge is 0.347 e. The minimum absolute atomic E-state index is 0.102. The highest BCUT2D eigenvalue weighted by molar-refractivity contribution is 5.92. The summed E-state index contributed by atoms with van der Waals surface area (Å²) in [5, 5.41) is 7.47. The maximum absolute atomic E-state index is 12.5. The molecule has 0 bridgehead atoms. The first-order valence-electron chi connectivity index (χ1n) is 9.23. The third-order valence-corrected chi connectivity index (χ3v) is 4.70. The van der Waals surface area contributed by atoms with Crippen LogP contribution >= 0.6 is 0 Å². The van der Waals surface area contributed by atoms with Crippen LogP contribution in [0.5, 0.6) is 0 Å². The molecule has 132 valence electrons. The van der Waals surface area contributed by atoms with Gasteiger partial charge in [-0.15, -0.1) is 0 Å². The summed E-state index contributed by atoms with van der Waals surface area (Å²) < 4.78 is 1.93. The van der Waals surface area contributed by atoms with Gasteiger partial charge in [0.25, 0.3) is 5.91 Å². The van der Waals surface area contributed by atoms with Crippen LogP contribution in [0.1, 0.15) is 49.3 Å². The Bertz CT molecular complexity index is 749. The molecule has 2 aliphatic carbocycles. The van der Waals surface area contributed by atoms with Crippen LogP contribution in [0.3, 0.4) is 0 Å². The lowest BCUT2D eigenvalue weighted by Gasteiger charge is -2.11. The number of carbonyl (C=O) groups excluding carboxylic acids is 1. The number of hydrogen-bond acceptors (Lipinski definition) is 2. The van der Waals surface area contributed by atoms with Crippen LogP contribution in [-0.2, 0) is 13.0 Å². The second kappa shape index (κ2) is 8.15. The molecule has 25 heavy (non-hydrogen) atoms. The van der Waals surface area contributed by atoms with Crippen LogP contribution in [0.2, 0.25) is 0 Å². The Morgan fingerprint density at radius 1 is 1.28 bits per heavy atom. The predicted molar refractivity (Wildman–Crippen MR) is 101 cm³/mol. The number of hydrogen-bond donors (Lipinski definition) is 1. The van der Waals surface area contributed by atoms with Crippen molar-refractivity contribution < 1.29 is 4.79 Å². The van der Waals surface area contributed by atoms with E-state index in [0.717, 1.165) is 37.9 Å². The van der Waals surface area contributed by atoms with Crippen LogP contribution in [0, 0.1) is 5.92 Å². The zero-order valence-corrected chi connectivity index (χ0v) is 15.2. The fraction of sp³-hybridized carbons (Fsp3) is 0.429. The summed E-state index contributed by atoms with van der Waals surface area (Å²) in [5.74, 6) is 0.486. The van der Waals surface area contributed by atoms with Gasteiger partial charge in [0.15, 0.2) is 0 Å². The highest BCUT2D eigenvalue weighted by Crippen LogP contribution is 2.17. The molecule has 1 heterocycles. The van der Waals surface area contributed by atoms with Gasteiger partial charge in [0.2, 0.25) is 0 Å². The standard InChI is InChI=1S/C21H27N3O/c1-3-24-19(13-17-7-5-4-6-8-17)14-20(23-24)21(25)22-15-18-11-9-16(2)10-12-18/h5,7-9,11-12,14,16H,3-4,6,10,13,15H2,1-2H3,(H,22,25). The van der Waals surface area contributed by atoms with Gasteiger partial charge < -0.3 is 5.32 Å². The summed E-state index contributed by atoms with van der Waals surface area (Å²) in [6, 6.07) is 1.93. The molecule has 1 aromatic rings. The summed E-state index contributed by atoms with van der Waals surface area (Å²) in [6.45, 7) is 5.58. The quantitative estimate of drug-likeness (QED) is 0.853. The van der Waals surface area contributed by atoms with E-state index in [9.17, 15) is 4.79 Å². The molecule has 1 N–H and O–H groups in total. The van der Waals surface area contributed by atoms with Gasteiger partial charge in [-0.05, 0) is 49.3 Å². The van der Waals surface area contributed by atoms with E-state index in [2.05, 4.69) is 60.7 Å². The zero-order valence-electron chi connectivity index (χ0n) is 15.2. The lowest BCUT2D eigenvalue weighted by atomic mass is 9.98. The Kier molecular flexibility index (Phi) is 5.69. The maximum Gasteiger partial charge on any atom is 0.272 e. The summed E-state index contributed by atoms with van der Waals surface area (Å²) in [7, 11) is 0. The molecule has 0 radical (unpaired) electrons. The molecule has 0 fully saturated rings. The van der Waals surface area contributed by atoms with Crippen molar-refractivity contribution in [2.24, 2.45) is 5.92 Å². The summed E-state index contributed by atoms with van der Waals surface area (Å²) in [4.78, 5) is 12.5. The number of allylic oxidation sites excluding steroid dienone is 6. The van der Waals surface area contributed by atoms with Crippen molar-refractivity contribution in [3.8, 4) is 0 Å².